The van der Waals surface area contributed by atoms with Crippen molar-refractivity contribution in [3.63, 3.8) is 0 Å². The second kappa shape index (κ2) is 14.0. The van der Waals surface area contributed by atoms with E-state index in [4.69, 9.17) is 14.5 Å². The summed E-state index contributed by atoms with van der Waals surface area (Å²) in [5.41, 5.74) is 0.696. The van der Waals surface area contributed by atoms with Gasteiger partial charge in [-0.2, -0.15) is 4.98 Å². The predicted octanol–water partition coefficient (Wildman–Crippen LogP) is 3.83. The van der Waals surface area contributed by atoms with Crippen LogP contribution in [0.4, 0.5) is 27.9 Å². The van der Waals surface area contributed by atoms with Gasteiger partial charge >= 0.3 is 12.1 Å². The van der Waals surface area contributed by atoms with E-state index in [1.54, 1.807) is 57.1 Å². The fourth-order valence-electron chi connectivity index (χ4n) is 5.64. The number of aliphatic carboxylic acids is 1. The Labute approximate surface area is 262 Å². The molecule has 1 aromatic heterocycles. The van der Waals surface area contributed by atoms with Crippen LogP contribution in [0.3, 0.4) is 0 Å². The van der Waals surface area contributed by atoms with Gasteiger partial charge in [0.25, 0.3) is 5.91 Å². The minimum atomic E-state index is -1.24. The third kappa shape index (κ3) is 7.91. The molecule has 1 saturated carbocycles. The number of carbonyl (C=O) groups is 4. The van der Waals surface area contributed by atoms with Crippen LogP contribution >= 0.6 is 0 Å². The highest BCUT2D eigenvalue weighted by molar-refractivity contribution is 6.04. The maximum atomic E-state index is 13.2. The first-order chi connectivity index (χ1) is 21.3. The molecule has 0 saturated heterocycles. The Hall–Kier alpha value is -4.62. The normalized spacial score (nSPS) is 17.4. The van der Waals surface area contributed by atoms with Crippen molar-refractivity contribution in [2.24, 2.45) is 0 Å². The molecule has 2 heterocycles. The van der Waals surface area contributed by atoms with Gasteiger partial charge in [0.2, 0.25) is 11.9 Å². The summed E-state index contributed by atoms with van der Waals surface area (Å²) >= 11 is 0. The SMILES string of the molecule is CC[C@@H]1C(=O)N(C)c2cnc(Nc3ccc(C(=O)NCC[C@H](NC(=O)OC(C)(C)C)C(=O)O)cc3OC)nc2N1C1CCCC1. The summed E-state index contributed by atoms with van der Waals surface area (Å²) in [5, 5.41) is 17.6. The van der Waals surface area contributed by atoms with E-state index in [9.17, 15) is 24.3 Å². The lowest BCUT2D eigenvalue weighted by molar-refractivity contribution is -0.139. The number of carboxylic acids is 1. The molecule has 4 N–H and O–H groups in total. The zero-order chi connectivity index (χ0) is 32.9. The van der Waals surface area contributed by atoms with Gasteiger partial charge in [-0.25, -0.2) is 14.6 Å². The summed E-state index contributed by atoms with van der Waals surface area (Å²) in [7, 11) is 3.22. The van der Waals surface area contributed by atoms with Crippen molar-refractivity contribution in [3.8, 4) is 5.75 Å². The van der Waals surface area contributed by atoms with Crippen molar-refractivity contribution < 1.29 is 33.8 Å². The van der Waals surface area contributed by atoms with Crippen LogP contribution in [0.1, 0.15) is 76.6 Å². The summed E-state index contributed by atoms with van der Waals surface area (Å²) in [6.07, 6.45) is 5.66. The number of hydrogen-bond acceptors (Lipinski definition) is 10. The molecule has 14 heteroatoms. The molecule has 244 valence electrons. The number of rotatable bonds is 11. The molecule has 1 aliphatic carbocycles. The lowest BCUT2D eigenvalue weighted by Gasteiger charge is -2.43. The molecule has 4 rings (SSSR count). The predicted molar refractivity (Wildman–Crippen MR) is 168 cm³/mol. The monoisotopic (exact) mass is 625 g/mol. The minimum Gasteiger partial charge on any atom is -0.495 e. The number of benzene rings is 1. The largest absolute Gasteiger partial charge is 0.495 e. The van der Waals surface area contributed by atoms with E-state index in [0.29, 0.717) is 35.3 Å². The smallest absolute Gasteiger partial charge is 0.408 e. The average Bonchev–Trinajstić information content (AvgIpc) is 3.52. The van der Waals surface area contributed by atoms with Crippen molar-refractivity contribution in [1.29, 1.82) is 0 Å². The Morgan fingerprint density at radius 2 is 1.89 bits per heavy atom. The molecule has 2 aliphatic rings. The van der Waals surface area contributed by atoms with Gasteiger partial charge in [0.1, 0.15) is 29.1 Å². The number of methoxy groups -OCH3 is 1. The minimum absolute atomic E-state index is 0.00984. The summed E-state index contributed by atoms with van der Waals surface area (Å²) in [6, 6.07) is 3.51. The van der Waals surface area contributed by atoms with Gasteiger partial charge in [0, 0.05) is 25.2 Å². The number of likely N-dealkylation sites (N-methyl/N-ethyl adjacent to an activating group) is 1. The third-order valence-corrected chi connectivity index (χ3v) is 7.83. The van der Waals surface area contributed by atoms with Crippen LogP contribution in [0.2, 0.25) is 0 Å². The van der Waals surface area contributed by atoms with E-state index in [1.165, 1.54) is 7.11 Å². The maximum Gasteiger partial charge on any atom is 0.408 e. The number of aromatic nitrogens is 2. The number of amides is 3. The number of carbonyl (C=O) groups excluding carboxylic acids is 3. The number of carboxylic acid groups (broad SMARTS) is 1. The standard InChI is InChI=1S/C31H43N7O7/c1-7-22-27(40)37(5)23-17-33-29(36-25(23)38(22)19-10-8-9-11-19)34-20-13-12-18(16-24(20)44-6)26(39)32-15-14-21(28(41)42)35-30(43)45-31(2,3)4/h12-13,16-17,19,21-22H,7-11,14-15H2,1-6H3,(H,32,39)(H,35,43)(H,41,42)(H,33,34,36)/t21-,22+/m0/s1. The number of nitrogens with zero attached hydrogens (tertiary/aromatic N) is 4. The zero-order valence-corrected chi connectivity index (χ0v) is 26.7. The molecule has 2 aromatic rings. The molecule has 0 bridgehead atoms. The van der Waals surface area contributed by atoms with Gasteiger partial charge in [0.15, 0.2) is 5.82 Å². The summed E-state index contributed by atoms with van der Waals surface area (Å²) in [6.45, 7) is 7.02. The van der Waals surface area contributed by atoms with Crippen LogP contribution in [-0.4, -0.2) is 83.4 Å². The second-order valence-corrected chi connectivity index (χ2v) is 12.2. The van der Waals surface area contributed by atoms with Gasteiger partial charge in [-0.3, -0.25) is 9.59 Å². The van der Waals surface area contributed by atoms with Crippen LogP contribution in [0, 0.1) is 0 Å². The Bertz CT molecular complexity index is 1420. The van der Waals surface area contributed by atoms with E-state index in [2.05, 4.69) is 25.8 Å². The Morgan fingerprint density at radius 1 is 1.18 bits per heavy atom. The Kier molecular flexibility index (Phi) is 10.3. The molecule has 0 spiro atoms. The molecule has 14 nitrogen and oxygen atoms in total. The highest BCUT2D eigenvalue weighted by Gasteiger charge is 2.41. The van der Waals surface area contributed by atoms with Crippen molar-refractivity contribution in [3.05, 3.63) is 30.0 Å². The third-order valence-electron chi connectivity index (χ3n) is 7.83. The lowest BCUT2D eigenvalue weighted by Crippen LogP contribution is -2.55. The maximum absolute atomic E-state index is 13.2. The molecule has 2 atom stereocenters. The molecule has 3 amide bonds. The lowest BCUT2D eigenvalue weighted by atomic mass is 10.0. The summed E-state index contributed by atoms with van der Waals surface area (Å²) in [5.74, 6) is -0.255. The van der Waals surface area contributed by atoms with Crippen LogP contribution in [0.25, 0.3) is 0 Å². The van der Waals surface area contributed by atoms with E-state index >= 15 is 0 Å². The fraction of sp³-hybridized carbons (Fsp3) is 0.548. The molecule has 0 unspecified atom stereocenters. The van der Waals surface area contributed by atoms with Crippen LogP contribution < -0.4 is 30.5 Å². The number of fused-ring (bicyclic) bond motifs is 1. The highest BCUT2D eigenvalue weighted by Crippen LogP contribution is 2.40. The van der Waals surface area contributed by atoms with Gasteiger partial charge in [0.05, 0.1) is 19.0 Å². The molecular weight excluding hydrogens is 582 g/mol. The van der Waals surface area contributed by atoms with E-state index < -0.39 is 29.6 Å². The number of nitrogens with one attached hydrogen (secondary N) is 3. The topological polar surface area (TPSA) is 175 Å². The van der Waals surface area contributed by atoms with E-state index in [-0.39, 0.29) is 36.5 Å². The van der Waals surface area contributed by atoms with Crippen molar-refractivity contribution in [2.75, 3.05) is 35.8 Å². The first kappa shape index (κ1) is 33.3. The zero-order valence-electron chi connectivity index (χ0n) is 26.7. The Morgan fingerprint density at radius 3 is 2.51 bits per heavy atom. The van der Waals surface area contributed by atoms with Crippen LogP contribution in [0.15, 0.2) is 24.4 Å². The highest BCUT2D eigenvalue weighted by atomic mass is 16.6. The molecule has 45 heavy (non-hydrogen) atoms. The molecule has 0 radical (unpaired) electrons. The summed E-state index contributed by atoms with van der Waals surface area (Å²) < 4.78 is 10.7. The van der Waals surface area contributed by atoms with Gasteiger partial charge < -0.3 is 40.3 Å². The van der Waals surface area contributed by atoms with Crippen molar-refractivity contribution in [1.82, 2.24) is 20.6 Å². The average molecular weight is 626 g/mol. The van der Waals surface area contributed by atoms with Gasteiger partial charge in [-0.15, -0.1) is 0 Å². The van der Waals surface area contributed by atoms with Crippen molar-refractivity contribution in [2.45, 2.75) is 89.9 Å². The molecule has 1 aliphatic heterocycles. The quantitative estimate of drug-likeness (QED) is 0.286. The molecule has 1 fully saturated rings. The van der Waals surface area contributed by atoms with Crippen LogP contribution in [-0.2, 0) is 14.3 Å². The van der Waals surface area contributed by atoms with Crippen molar-refractivity contribution >= 4 is 47.0 Å². The summed E-state index contributed by atoms with van der Waals surface area (Å²) in [4.78, 5) is 62.7. The van der Waals surface area contributed by atoms with Crippen LogP contribution in [0.5, 0.6) is 5.75 Å². The number of anilines is 4. The fourth-order valence-corrected chi connectivity index (χ4v) is 5.64. The first-order valence-electron chi connectivity index (χ1n) is 15.2. The van der Waals surface area contributed by atoms with Gasteiger partial charge in [-0.05, 0) is 64.7 Å². The number of ether oxygens (including phenoxy) is 2. The molecular formula is C31H43N7O7. The van der Waals surface area contributed by atoms with E-state index in [0.717, 1.165) is 25.7 Å². The second-order valence-electron chi connectivity index (χ2n) is 12.2. The number of hydrogen-bond donors (Lipinski definition) is 4. The molecule has 1 aromatic carbocycles. The van der Waals surface area contributed by atoms with E-state index in [1.807, 2.05) is 6.92 Å². The Balaban J connectivity index is 1.45. The van der Waals surface area contributed by atoms with Gasteiger partial charge in [-0.1, -0.05) is 19.8 Å². The number of alkyl carbamates (subject to hydrolysis) is 1. The first-order valence-corrected chi connectivity index (χ1v) is 15.2.